The SMILES string of the molecule is COC(=O)CC(C)Nc1ccc(Br)cc1F. The topological polar surface area (TPSA) is 38.3 Å². The first-order valence-electron chi connectivity index (χ1n) is 4.81. The maximum Gasteiger partial charge on any atom is 0.307 e. The van der Waals surface area contributed by atoms with E-state index in [1.807, 2.05) is 0 Å². The number of methoxy groups -OCH3 is 1. The molecule has 0 radical (unpaired) electrons. The van der Waals surface area contributed by atoms with Crippen LogP contribution in [-0.2, 0) is 9.53 Å². The first kappa shape index (κ1) is 13.0. The second-order valence-electron chi connectivity index (χ2n) is 3.45. The lowest BCUT2D eigenvalue weighted by Crippen LogP contribution is -2.20. The Balaban J connectivity index is 2.62. The molecule has 0 saturated carbocycles. The number of halogens is 2. The van der Waals surface area contributed by atoms with Gasteiger partial charge in [-0.1, -0.05) is 15.9 Å². The number of carbonyl (C=O) groups is 1. The van der Waals surface area contributed by atoms with Crippen LogP contribution >= 0.6 is 15.9 Å². The summed E-state index contributed by atoms with van der Waals surface area (Å²) in [7, 11) is 1.33. The summed E-state index contributed by atoms with van der Waals surface area (Å²) in [5, 5.41) is 2.91. The van der Waals surface area contributed by atoms with E-state index in [1.165, 1.54) is 13.2 Å². The fourth-order valence-electron chi connectivity index (χ4n) is 1.26. The molecule has 0 aliphatic carbocycles. The van der Waals surface area contributed by atoms with Crippen molar-refractivity contribution in [2.75, 3.05) is 12.4 Å². The van der Waals surface area contributed by atoms with Crippen molar-refractivity contribution in [3.63, 3.8) is 0 Å². The third-order valence-corrected chi connectivity index (χ3v) is 2.53. The van der Waals surface area contributed by atoms with Gasteiger partial charge in [0.05, 0.1) is 19.2 Å². The van der Waals surface area contributed by atoms with E-state index in [-0.39, 0.29) is 24.2 Å². The van der Waals surface area contributed by atoms with Gasteiger partial charge in [-0.15, -0.1) is 0 Å². The van der Waals surface area contributed by atoms with Crippen LogP contribution in [0.25, 0.3) is 0 Å². The van der Waals surface area contributed by atoms with Crippen molar-refractivity contribution in [3.05, 3.63) is 28.5 Å². The number of nitrogens with one attached hydrogen (secondary N) is 1. The maximum absolute atomic E-state index is 13.4. The Morgan fingerprint density at radius 1 is 1.62 bits per heavy atom. The van der Waals surface area contributed by atoms with Crippen molar-refractivity contribution in [2.24, 2.45) is 0 Å². The van der Waals surface area contributed by atoms with Crippen LogP contribution in [0.15, 0.2) is 22.7 Å². The summed E-state index contributed by atoms with van der Waals surface area (Å²) < 4.78 is 18.6. The van der Waals surface area contributed by atoms with Gasteiger partial charge in [0.15, 0.2) is 0 Å². The van der Waals surface area contributed by atoms with Crippen molar-refractivity contribution in [3.8, 4) is 0 Å². The van der Waals surface area contributed by atoms with E-state index in [0.717, 1.165) is 0 Å². The molecule has 0 aliphatic heterocycles. The van der Waals surface area contributed by atoms with Crippen molar-refractivity contribution in [1.29, 1.82) is 0 Å². The Kier molecular flexibility index (Phi) is 4.73. The molecular formula is C11H13BrFNO2. The number of benzene rings is 1. The van der Waals surface area contributed by atoms with Crippen LogP contribution in [0.5, 0.6) is 0 Å². The molecule has 0 amide bonds. The van der Waals surface area contributed by atoms with Gasteiger partial charge >= 0.3 is 5.97 Å². The third-order valence-electron chi connectivity index (χ3n) is 2.03. The number of hydrogen-bond donors (Lipinski definition) is 1. The average Bonchev–Trinajstić information content (AvgIpc) is 2.22. The van der Waals surface area contributed by atoms with E-state index in [1.54, 1.807) is 19.1 Å². The molecule has 0 heterocycles. The Morgan fingerprint density at radius 3 is 2.88 bits per heavy atom. The molecule has 0 bridgehead atoms. The maximum atomic E-state index is 13.4. The number of ether oxygens (including phenoxy) is 1. The molecule has 0 spiro atoms. The molecule has 16 heavy (non-hydrogen) atoms. The summed E-state index contributed by atoms with van der Waals surface area (Å²) in [6, 6.07) is 4.54. The highest BCUT2D eigenvalue weighted by atomic mass is 79.9. The van der Waals surface area contributed by atoms with Gasteiger partial charge in [-0.05, 0) is 25.1 Å². The van der Waals surface area contributed by atoms with Gasteiger partial charge in [-0.3, -0.25) is 4.79 Å². The number of rotatable bonds is 4. The Bertz CT molecular complexity index is 384. The van der Waals surface area contributed by atoms with E-state index < -0.39 is 0 Å². The molecule has 1 aromatic carbocycles. The van der Waals surface area contributed by atoms with E-state index in [9.17, 15) is 9.18 Å². The highest BCUT2D eigenvalue weighted by molar-refractivity contribution is 9.10. The zero-order valence-corrected chi connectivity index (χ0v) is 10.7. The zero-order chi connectivity index (χ0) is 12.1. The summed E-state index contributed by atoms with van der Waals surface area (Å²) in [6.07, 6.45) is 0.200. The summed E-state index contributed by atoms with van der Waals surface area (Å²) in [6.45, 7) is 1.79. The third kappa shape index (κ3) is 3.81. The fourth-order valence-corrected chi connectivity index (χ4v) is 1.59. The lowest BCUT2D eigenvalue weighted by atomic mass is 10.2. The normalized spacial score (nSPS) is 12.0. The lowest BCUT2D eigenvalue weighted by Gasteiger charge is -2.14. The van der Waals surface area contributed by atoms with Crippen molar-refractivity contribution < 1.29 is 13.9 Å². The van der Waals surface area contributed by atoms with Gasteiger partial charge in [0.1, 0.15) is 5.82 Å². The molecule has 0 aliphatic rings. The van der Waals surface area contributed by atoms with Crippen LogP contribution < -0.4 is 5.32 Å². The predicted octanol–water partition coefficient (Wildman–Crippen LogP) is 2.95. The second-order valence-corrected chi connectivity index (χ2v) is 4.37. The first-order chi connectivity index (χ1) is 7.52. The number of carbonyl (C=O) groups excluding carboxylic acids is 1. The van der Waals surface area contributed by atoms with Crippen LogP contribution in [0.1, 0.15) is 13.3 Å². The minimum atomic E-state index is -0.355. The Labute approximate surface area is 102 Å². The van der Waals surface area contributed by atoms with Crippen LogP contribution in [0.2, 0.25) is 0 Å². The molecular weight excluding hydrogens is 277 g/mol. The monoisotopic (exact) mass is 289 g/mol. The summed E-state index contributed by atoms with van der Waals surface area (Å²) in [5.74, 6) is -0.677. The summed E-state index contributed by atoms with van der Waals surface area (Å²) >= 11 is 3.17. The molecule has 1 rings (SSSR count). The van der Waals surface area contributed by atoms with Crippen molar-refractivity contribution in [2.45, 2.75) is 19.4 Å². The first-order valence-corrected chi connectivity index (χ1v) is 5.60. The fraction of sp³-hybridized carbons (Fsp3) is 0.364. The van der Waals surface area contributed by atoms with Gasteiger partial charge in [-0.25, -0.2) is 4.39 Å². The molecule has 88 valence electrons. The van der Waals surface area contributed by atoms with E-state index in [2.05, 4.69) is 26.0 Å². The standard InChI is InChI=1S/C11H13BrFNO2/c1-7(5-11(15)16-2)14-10-4-3-8(12)6-9(10)13/h3-4,6-7,14H,5H2,1-2H3. The van der Waals surface area contributed by atoms with Crippen LogP contribution in [0.4, 0.5) is 10.1 Å². The largest absolute Gasteiger partial charge is 0.469 e. The highest BCUT2D eigenvalue weighted by Gasteiger charge is 2.11. The molecule has 1 N–H and O–H groups in total. The van der Waals surface area contributed by atoms with Gasteiger partial charge in [-0.2, -0.15) is 0 Å². The quantitative estimate of drug-likeness (QED) is 0.866. The van der Waals surface area contributed by atoms with Gasteiger partial charge in [0, 0.05) is 10.5 Å². The molecule has 3 nitrogen and oxygen atoms in total. The van der Waals surface area contributed by atoms with Crippen molar-refractivity contribution in [1.82, 2.24) is 0 Å². The Hall–Kier alpha value is -1.10. The minimum absolute atomic E-state index is 0.178. The number of anilines is 1. The molecule has 0 fully saturated rings. The summed E-state index contributed by atoms with van der Waals surface area (Å²) in [4.78, 5) is 11.0. The van der Waals surface area contributed by atoms with E-state index >= 15 is 0 Å². The van der Waals surface area contributed by atoms with E-state index in [0.29, 0.717) is 10.2 Å². The highest BCUT2D eigenvalue weighted by Crippen LogP contribution is 2.20. The molecule has 0 aromatic heterocycles. The number of esters is 1. The van der Waals surface area contributed by atoms with E-state index in [4.69, 9.17) is 0 Å². The minimum Gasteiger partial charge on any atom is -0.469 e. The molecule has 1 atom stereocenters. The van der Waals surface area contributed by atoms with Crippen LogP contribution in [0.3, 0.4) is 0 Å². The van der Waals surface area contributed by atoms with Crippen LogP contribution in [0, 0.1) is 5.82 Å². The smallest absolute Gasteiger partial charge is 0.307 e. The molecule has 1 aromatic rings. The van der Waals surface area contributed by atoms with Gasteiger partial charge in [0.25, 0.3) is 0 Å². The predicted molar refractivity (Wildman–Crippen MR) is 63.8 cm³/mol. The molecule has 5 heteroatoms. The average molecular weight is 290 g/mol. The van der Waals surface area contributed by atoms with Crippen molar-refractivity contribution >= 4 is 27.6 Å². The molecule has 1 unspecified atom stereocenters. The second kappa shape index (κ2) is 5.84. The van der Waals surface area contributed by atoms with Crippen LogP contribution in [-0.4, -0.2) is 19.1 Å². The molecule has 0 saturated heterocycles. The number of hydrogen-bond acceptors (Lipinski definition) is 3. The van der Waals surface area contributed by atoms with Gasteiger partial charge < -0.3 is 10.1 Å². The lowest BCUT2D eigenvalue weighted by molar-refractivity contribution is -0.140. The summed E-state index contributed by atoms with van der Waals surface area (Å²) in [5.41, 5.74) is 0.375. The van der Waals surface area contributed by atoms with Gasteiger partial charge in [0.2, 0.25) is 0 Å². The zero-order valence-electron chi connectivity index (χ0n) is 9.09. The Morgan fingerprint density at radius 2 is 2.31 bits per heavy atom.